The maximum Gasteiger partial charge on any atom is 0.104 e. The second-order valence-electron chi connectivity index (χ2n) is 20.9. The molecule has 16 aromatic rings. The Bertz CT molecular complexity index is 5030. The van der Waals surface area contributed by atoms with Gasteiger partial charge in [-0.15, -0.1) is 11.3 Å². The standard InChI is InChI=1S/C70H46N6S/c1-40-24-28-48-44-14-5-9-20-56(44)73(60(48)34-40)66-55(38-71)67(74-57-21-10-6-15-45(57)49-29-25-41(2)35-61(49)74)69(76-59-23-12-8-17-47(59)51-31-27-43(4)37-63(51)76)65(54-19-13-18-53-52-32-33-72-39-64(52)77-70(53)54)68(66)75-58-22-11-7-16-46(58)50-30-26-42(3)36-62(50)75/h5-37,39H,1-4H3. The molecule has 16 rings (SSSR count). The van der Waals surface area contributed by atoms with E-state index in [1.54, 1.807) is 11.3 Å². The predicted octanol–water partition coefficient (Wildman–Crippen LogP) is 18.6. The summed E-state index contributed by atoms with van der Waals surface area (Å²) in [5, 5.41) is 24.4. The van der Waals surface area contributed by atoms with Gasteiger partial charge in [0.05, 0.1) is 71.6 Å². The molecular weight excluding hydrogens is 957 g/mol. The molecule has 0 unspecified atom stereocenters. The Balaban J connectivity index is 1.30. The fourth-order valence-corrected chi connectivity index (χ4v) is 14.3. The van der Waals surface area contributed by atoms with Gasteiger partial charge in [0, 0.05) is 82.1 Å². The van der Waals surface area contributed by atoms with Gasteiger partial charge in [0.25, 0.3) is 0 Å². The maximum absolute atomic E-state index is 13.0. The van der Waals surface area contributed by atoms with Crippen molar-refractivity contribution in [1.82, 2.24) is 23.3 Å². The quantitative estimate of drug-likeness (QED) is 0.172. The maximum atomic E-state index is 13.0. The van der Waals surface area contributed by atoms with Crippen LogP contribution in [-0.2, 0) is 0 Å². The highest BCUT2D eigenvalue weighted by Gasteiger charge is 2.36. The number of benzene rings is 10. The number of hydrogen-bond donors (Lipinski definition) is 0. The van der Waals surface area contributed by atoms with Gasteiger partial charge in [-0.1, -0.05) is 140 Å². The Morgan fingerprint density at radius 2 is 0.727 bits per heavy atom. The first kappa shape index (κ1) is 43.6. The van der Waals surface area contributed by atoms with Gasteiger partial charge in [0.1, 0.15) is 11.6 Å². The third kappa shape index (κ3) is 6.02. The molecular formula is C70H46N6S. The minimum Gasteiger partial charge on any atom is -0.306 e. The first-order chi connectivity index (χ1) is 37.8. The van der Waals surface area contributed by atoms with Crippen molar-refractivity contribution in [3.63, 3.8) is 0 Å². The minimum absolute atomic E-state index is 0.553. The van der Waals surface area contributed by atoms with Crippen molar-refractivity contribution < 1.29 is 0 Å². The Kier molecular flexibility index (Phi) is 9.14. The number of nitrogens with zero attached hydrogens (tertiary/aromatic N) is 6. The summed E-state index contributed by atoms with van der Waals surface area (Å²) in [4.78, 5) is 4.69. The topological polar surface area (TPSA) is 56.4 Å². The number of para-hydroxylation sites is 4. The molecule has 0 atom stereocenters. The van der Waals surface area contributed by atoms with E-state index in [2.05, 4.69) is 251 Å². The van der Waals surface area contributed by atoms with Crippen LogP contribution in [0.25, 0.3) is 141 Å². The van der Waals surface area contributed by atoms with Crippen LogP contribution in [0, 0.1) is 39.0 Å². The highest BCUT2D eigenvalue weighted by atomic mass is 32.1. The molecule has 0 N–H and O–H groups in total. The molecule has 7 heteroatoms. The molecule has 362 valence electrons. The Morgan fingerprint density at radius 3 is 1.13 bits per heavy atom. The normalized spacial score (nSPS) is 12.1. The van der Waals surface area contributed by atoms with Gasteiger partial charge < -0.3 is 18.3 Å². The van der Waals surface area contributed by atoms with E-state index in [-0.39, 0.29) is 0 Å². The molecule has 0 fully saturated rings. The zero-order chi connectivity index (χ0) is 51.4. The first-order valence-electron chi connectivity index (χ1n) is 26.2. The number of aromatic nitrogens is 5. The van der Waals surface area contributed by atoms with Crippen LogP contribution in [0.3, 0.4) is 0 Å². The summed E-state index contributed by atoms with van der Waals surface area (Å²) in [6.45, 7) is 8.71. The molecule has 10 aromatic carbocycles. The Hall–Kier alpha value is -9.74. The fourth-order valence-electron chi connectivity index (χ4n) is 13.1. The van der Waals surface area contributed by atoms with Crippen molar-refractivity contribution in [2.75, 3.05) is 0 Å². The molecule has 77 heavy (non-hydrogen) atoms. The third-order valence-corrected chi connectivity index (χ3v) is 17.5. The molecule has 0 amide bonds. The summed E-state index contributed by atoms with van der Waals surface area (Å²) < 4.78 is 12.1. The van der Waals surface area contributed by atoms with Crippen LogP contribution < -0.4 is 0 Å². The molecule has 6 aromatic heterocycles. The van der Waals surface area contributed by atoms with Crippen molar-refractivity contribution in [2.24, 2.45) is 0 Å². The van der Waals surface area contributed by atoms with E-state index >= 15 is 0 Å². The molecule has 0 saturated carbocycles. The third-order valence-electron chi connectivity index (χ3n) is 16.3. The monoisotopic (exact) mass is 1000 g/mol. The molecule has 0 bridgehead atoms. The number of pyridine rings is 1. The molecule has 0 saturated heterocycles. The van der Waals surface area contributed by atoms with Crippen molar-refractivity contribution in [3.05, 3.63) is 234 Å². The highest BCUT2D eigenvalue weighted by molar-refractivity contribution is 7.26. The zero-order valence-corrected chi connectivity index (χ0v) is 43.5. The summed E-state index contributed by atoms with van der Waals surface area (Å²) in [6, 6.07) is 74.5. The summed E-state index contributed by atoms with van der Waals surface area (Å²) in [5.41, 5.74) is 18.9. The van der Waals surface area contributed by atoms with Gasteiger partial charge in [0.2, 0.25) is 0 Å². The average molecular weight is 1000 g/mol. The SMILES string of the molecule is Cc1ccc2c3ccccc3n(-c3c(C#N)c(-n4c5ccccc5c5ccc(C)cc54)c(-n4c5ccccc5c5ccc(C)cc54)c(-c4cccc5c4sc4cnccc45)c3-n3c4ccccc4c4ccc(C)cc43)c2c1. The lowest BCUT2D eigenvalue weighted by Gasteiger charge is -2.29. The smallest absolute Gasteiger partial charge is 0.104 e. The van der Waals surface area contributed by atoms with Crippen LogP contribution in [0.15, 0.2) is 207 Å². The summed E-state index contributed by atoms with van der Waals surface area (Å²) in [6.07, 6.45) is 3.92. The largest absolute Gasteiger partial charge is 0.306 e. The Morgan fingerprint density at radius 1 is 0.364 bits per heavy atom. The van der Waals surface area contributed by atoms with E-state index in [1.165, 1.54) is 0 Å². The lowest BCUT2D eigenvalue weighted by molar-refractivity contribution is 1.04. The van der Waals surface area contributed by atoms with Crippen LogP contribution in [0.1, 0.15) is 27.8 Å². The van der Waals surface area contributed by atoms with Crippen molar-refractivity contribution in [3.8, 4) is 39.9 Å². The first-order valence-corrected chi connectivity index (χ1v) is 27.1. The van der Waals surface area contributed by atoms with Crippen molar-refractivity contribution >= 4 is 119 Å². The lowest BCUT2D eigenvalue weighted by Crippen LogP contribution is -2.16. The van der Waals surface area contributed by atoms with E-state index < -0.39 is 0 Å². The number of aryl methyl sites for hydroxylation is 4. The zero-order valence-electron chi connectivity index (χ0n) is 42.7. The van der Waals surface area contributed by atoms with E-state index in [0.717, 1.165) is 164 Å². The van der Waals surface area contributed by atoms with Crippen LogP contribution in [0.5, 0.6) is 0 Å². The molecule has 0 aliphatic rings. The summed E-state index contributed by atoms with van der Waals surface area (Å²) >= 11 is 1.79. The second kappa shape index (κ2) is 16.1. The van der Waals surface area contributed by atoms with Crippen molar-refractivity contribution in [2.45, 2.75) is 27.7 Å². The van der Waals surface area contributed by atoms with Gasteiger partial charge in [-0.05, 0) is 105 Å². The second-order valence-corrected chi connectivity index (χ2v) is 22.0. The molecule has 0 aliphatic carbocycles. The van der Waals surface area contributed by atoms with Gasteiger partial charge >= 0.3 is 0 Å². The number of fused-ring (bicyclic) bond motifs is 15. The molecule has 0 spiro atoms. The van der Waals surface area contributed by atoms with Gasteiger partial charge in [0.15, 0.2) is 0 Å². The molecule has 6 nitrogen and oxygen atoms in total. The number of nitriles is 1. The van der Waals surface area contributed by atoms with Crippen molar-refractivity contribution in [1.29, 1.82) is 5.26 Å². The number of hydrogen-bond acceptors (Lipinski definition) is 3. The summed E-state index contributed by atoms with van der Waals surface area (Å²) in [5.74, 6) is 0. The van der Waals surface area contributed by atoms with Crippen LogP contribution in [0.2, 0.25) is 0 Å². The molecule has 0 radical (unpaired) electrons. The van der Waals surface area contributed by atoms with Gasteiger partial charge in [-0.3, -0.25) is 4.98 Å². The highest BCUT2D eigenvalue weighted by Crippen LogP contribution is 2.54. The predicted molar refractivity (Wildman–Crippen MR) is 324 cm³/mol. The minimum atomic E-state index is 0.553. The van der Waals surface area contributed by atoms with E-state index in [0.29, 0.717) is 5.56 Å². The van der Waals surface area contributed by atoms with E-state index in [9.17, 15) is 5.26 Å². The molecule has 6 heterocycles. The Labute approximate surface area is 446 Å². The number of thiophene rings is 1. The van der Waals surface area contributed by atoms with E-state index in [4.69, 9.17) is 0 Å². The summed E-state index contributed by atoms with van der Waals surface area (Å²) in [7, 11) is 0. The van der Waals surface area contributed by atoms with Gasteiger partial charge in [-0.2, -0.15) is 5.26 Å². The lowest BCUT2D eigenvalue weighted by atomic mass is 9.92. The van der Waals surface area contributed by atoms with Crippen LogP contribution in [0.4, 0.5) is 0 Å². The molecule has 0 aliphatic heterocycles. The van der Waals surface area contributed by atoms with E-state index in [1.807, 2.05) is 12.4 Å². The fraction of sp³-hybridized carbons (Fsp3) is 0.0571. The van der Waals surface area contributed by atoms with Crippen LogP contribution >= 0.6 is 11.3 Å². The van der Waals surface area contributed by atoms with Crippen LogP contribution in [-0.4, -0.2) is 23.3 Å². The number of rotatable bonds is 5. The van der Waals surface area contributed by atoms with Gasteiger partial charge in [-0.25, -0.2) is 0 Å². The average Bonchev–Trinajstić information content (AvgIpc) is 4.37.